The Bertz CT molecular complexity index is 2170. The molecule has 11 nitrogen and oxygen atoms in total. The Labute approximate surface area is 244 Å². The summed E-state index contributed by atoms with van der Waals surface area (Å²) in [6.07, 6.45) is 7.70. The van der Waals surface area contributed by atoms with Crippen molar-refractivity contribution in [3.05, 3.63) is 78.5 Å². The summed E-state index contributed by atoms with van der Waals surface area (Å²) in [5, 5.41) is 9.74. The second-order valence-electron chi connectivity index (χ2n) is 10.7. The Morgan fingerprint density at radius 2 is 1.88 bits per heavy atom. The highest BCUT2D eigenvalue weighted by atomic mass is 32.2. The summed E-state index contributed by atoms with van der Waals surface area (Å²) in [6, 6.07) is 13.1. The number of rotatable bonds is 7. The lowest BCUT2D eigenvalue weighted by Crippen LogP contribution is -2.20. The topological polar surface area (TPSA) is 172 Å². The number of sulfone groups is 1. The molecule has 1 fully saturated rings. The van der Waals surface area contributed by atoms with E-state index in [2.05, 4.69) is 30.5 Å². The van der Waals surface area contributed by atoms with Crippen molar-refractivity contribution in [2.45, 2.75) is 18.2 Å². The maximum Gasteiger partial charge on any atom is 0.227 e. The van der Waals surface area contributed by atoms with Gasteiger partial charge in [-0.3, -0.25) is 19.9 Å². The number of carbonyl (C=O) groups is 1. The smallest absolute Gasteiger partial charge is 0.227 e. The van der Waals surface area contributed by atoms with Gasteiger partial charge in [0, 0.05) is 46.6 Å². The maximum atomic E-state index is 14.6. The van der Waals surface area contributed by atoms with Crippen LogP contribution in [0.15, 0.2) is 67.1 Å². The molecule has 5 heterocycles. The highest BCUT2D eigenvalue weighted by Gasteiger charge is 2.29. The number of hydrogen-bond donors (Lipinski definition) is 4. The Hall–Kier alpha value is -5.01. The molecule has 5 aromatic heterocycles. The summed E-state index contributed by atoms with van der Waals surface area (Å²) in [5.74, 6) is -0.548. The van der Waals surface area contributed by atoms with Gasteiger partial charge in [0.2, 0.25) is 5.91 Å². The van der Waals surface area contributed by atoms with E-state index < -0.39 is 21.0 Å². The van der Waals surface area contributed by atoms with Gasteiger partial charge in [0.05, 0.1) is 34.5 Å². The van der Waals surface area contributed by atoms with Crippen molar-refractivity contribution in [3.8, 4) is 33.9 Å². The summed E-state index contributed by atoms with van der Waals surface area (Å²) in [4.78, 5) is 29.2. The maximum absolute atomic E-state index is 14.6. The van der Waals surface area contributed by atoms with Crippen LogP contribution in [0.3, 0.4) is 0 Å². The number of nitrogens with zero attached hydrogens (tertiary/aromatic N) is 4. The standard InChI is InChI=1S/C30H25FN8O3S/c1-43(41,42)29(32)17-8-16(9-19(31)10-17)26-21-12-25(36-23(21)6-7-34-26)28-27-24(38-39-28)5-4-22(37-27)18-11-20(14-33-13-18)35-30(40)15-2-3-15/h4-15,29,36H,2-3,32H2,1H3,(H,35,40)(H,38,39). The van der Waals surface area contributed by atoms with Gasteiger partial charge in [0.1, 0.15) is 22.4 Å². The molecule has 216 valence electrons. The minimum Gasteiger partial charge on any atom is -0.353 e. The summed E-state index contributed by atoms with van der Waals surface area (Å²) in [5.41, 5.74) is 12.1. The molecule has 0 spiro atoms. The molecule has 13 heteroatoms. The van der Waals surface area contributed by atoms with Crippen LogP contribution in [0.5, 0.6) is 0 Å². The number of aromatic nitrogens is 6. The van der Waals surface area contributed by atoms with Crippen molar-refractivity contribution in [1.29, 1.82) is 0 Å². The monoisotopic (exact) mass is 596 g/mol. The van der Waals surface area contributed by atoms with E-state index in [0.717, 1.165) is 30.7 Å². The van der Waals surface area contributed by atoms with Crippen molar-refractivity contribution in [2.75, 3.05) is 11.6 Å². The third-order valence-corrected chi connectivity index (χ3v) is 8.64. The Morgan fingerprint density at radius 1 is 1.05 bits per heavy atom. The molecule has 1 amide bonds. The molecular formula is C30H25FN8O3S. The third-order valence-electron chi connectivity index (χ3n) is 7.44. The van der Waals surface area contributed by atoms with E-state index in [4.69, 9.17) is 10.7 Å². The fourth-order valence-electron chi connectivity index (χ4n) is 5.06. The summed E-state index contributed by atoms with van der Waals surface area (Å²) < 4.78 is 38.7. The molecule has 5 N–H and O–H groups in total. The van der Waals surface area contributed by atoms with Crippen LogP contribution in [0.1, 0.15) is 23.8 Å². The highest BCUT2D eigenvalue weighted by molar-refractivity contribution is 7.90. The fraction of sp³-hybridized carbons (Fsp3) is 0.167. The number of halogens is 1. The molecule has 0 aliphatic heterocycles. The zero-order valence-corrected chi connectivity index (χ0v) is 23.6. The Morgan fingerprint density at radius 3 is 2.67 bits per heavy atom. The minimum atomic E-state index is -3.65. The van der Waals surface area contributed by atoms with Crippen molar-refractivity contribution in [2.24, 2.45) is 11.7 Å². The molecule has 0 radical (unpaired) electrons. The second-order valence-corrected chi connectivity index (χ2v) is 12.9. The number of carbonyl (C=O) groups excluding carboxylic acids is 1. The minimum absolute atomic E-state index is 0.000131. The van der Waals surface area contributed by atoms with E-state index in [1.54, 1.807) is 24.7 Å². The van der Waals surface area contributed by atoms with E-state index >= 15 is 0 Å². The van der Waals surface area contributed by atoms with Crippen molar-refractivity contribution >= 4 is 43.4 Å². The van der Waals surface area contributed by atoms with Gasteiger partial charge in [-0.25, -0.2) is 17.8 Å². The largest absolute Gasteiger partial charge is 0.353 e. The van der Waals surface area contributed by atoms with Crippen LogP contribution in [-0.2, 0) is 14.6 Å². The van der Waals surface area contributed by atoms with E-state index in [0.29, 0.717) is 56.0 Å². The first-order valence-electron chi connectivity index (χ1n) is 13.5. The van der Waals surface area contributed by atoms with E-state index in [1.807, 2.05) is 24.3 Å². The van der Waals surface area contributed by atoms with Gasteiger partial charge in [-0.2, -0.15) is 5.10 Å². The highest BCUT2D eigenvalue weighted by Crippen LogP contribution is 2.35. The molecule has 1 aliphatic carbocycles. The van der Waals surface area contributed by atoms with Crippen LogP contribution >= 0.6 is 0 Å². The van der Waals surface area contributed by atoms with Crippen LogP contribution in [0, 0.1) is 11.7 Å². The first-order valence-corrected chi connectivity index (χ1v) is 15.4. The molecular weight excluding hydrogens is 571 g/mol. The quantitative estimate of drug-likeness (QED) is 0.205. The number of H-pyrrole nitrogens is 2. The van der Waals surface area contributed by atoms with Gasteiger partial charge in [-0.05, 0) is 66.9 Å². The molecule has 1 unspecified atom stereocenters. The zero-order chi connectivity index (χ0) is 29.9. The number of aromatic amines is 2. The number of nitrogens with one attached hydrogen (secondary N) is 3. The van der Waals surface area contributed by atoms with Gasteiger partial charge >= 0.3 is 0 Å². The van der Waals surface area contributed by atoms with Crippen molar-refractivity contribution in [3.63, 3.8) is 0 Å². The second kappa shape index (κ2) is 10.1. The first kappa shape index (κ1) is 26.9. The lowest BCUT2D eigenvalue weighted by atomic mass is 10.0. The first-order chi connectivity index (χ1) is 20.6. The normalized spacial score (nSPS) is 14.3. The van der Waals surface area contributed by atoms with Gasteiger partial charge in [0.15, 0.2) is 9.84 Å². The Balaban J connectivity index is 1.27. The Kier molecular flexibility index (Phi) is 6.29. The van der Waals surface area contributed by atoms with Gasteiger partial charge in [-0.1, -0.05) is 0 Å². The molecule has 1 aliphatic rings. The molecule has 1 saturated carbocycles. The summed E-state index contributed by atoms with van der Waals surface area (Å²) >= 11 is 0. The van der Waals surface area contributed by atoms with Gasteiger partial charge in [-0.15, -0.1) is 0 Å². The lowest BCUT2D eigenvalue weighted by Gasteiger charge is -2.12. The molecule has 6 aromatic rings. The van der Waals surface area contributed by atoms with Gasteiger partial charge < -0.3 is 16.0 Å². The van der Waals surface area contributed by atoms with E-state index in [1.165, 1.54) is 12.1 Å². The van der Waals surface area contributed by atoms with Crippen LogP contribution in [0.4, 0.5) is 10.1 Å². The number of hydrogen-bond acceptors (Lipinski definition) is 8. The number of benzene rings is 1. The third kappa shape index (κ3) is 5.13. The molecule has 0 saturated heterocycles. The number of fused-ring (bicyclic) bond motifs is 2. The number of anilines is 1. The number of nitrogens with two attached hydrogens (primary N) is 1. The van der Waals surface area contributed by atoms with Gasteiger partial charge in [0.25, 0.3) is 0 Å². The molecule has 7 rings (SSSR count). The SMILES string of the molecule is CS(=O)(=O)C(N)c1cc(F)cc(-c2nccc3[nH]c(-c4n[nH]c5ccc(-c6cncc(NC(=O)C7CC7)c6)nc45)cc23)c1. The number of pyridine rings is 3. The van der Waals surface area contributed by atoms with Crippen molar-refractivity contribution < 1.29 is 17.6 Å². The predicted octanol–water partition coefficient (Wildman–Crippen LogP) is 4.72. The molecule has 0 bridgehead atoms. The van der Waals surface area contributed by atoms with Crippen LogP contribution < -0.4 is 11.1 Å². The number of amides is 1. The fourth-order valence-corrected chi connectivity index (χ4v) is 5.69. The average Bonchev–Trinajstić information content (AvgIpc) is 3.62. The molecule has 1 aromatic carbocycles. The van der Waals surface area contributed by atoms with Crippen molar-refractivity contribution in [1.82, 2.24) is 30.1 Å². The van der Waals surface area contributed by atoms with E-state index in [-0.39, 0.29) is 17.4 Å². The predicted molar refractivity (Wildman–Crippen MR) is 161 cm³/mol. The molecule has 43 heavy (non-hydrogen) atoms. The van der Waals surface area contributed by atoms with E-state index in [9.17, 15) is 17.6 Å². The summed E-state index contributed by atoms with van der Waals surface area (Å²) in [7, 11) is -3.65. The molecule has 1 atom stereocenters. The average molecular weight is 597 g/mol. The summed E-state index contributed by atoms with van der Waals surface area (Å²) in [6.45, 7) is 0. The van der Waals surface area contributed by atoms with Crippen LogP contribution in [0.2, 0.25) is 0 Å². The zero-order valence-electron chi connectivity index (χ0n) is 22.8. The van der Waals surface area contributed by atoms with Crippen LogP contribution in [-0.4, -0.2) is 50.7 Å². The van der Waals surface area contributed by atoms with Crippen LogP contribution in [0.25, 0.3) is 55.8 Å². The lowest BCUT2D eigenvalue weighted by molar-refractivity contribution is -0.117.